The zero-order valence-corrected chi connectivity index (χ0v) is 10.4. The second kappa shape index (κ2) is 5.73. The van der Waals surface area contributed by atoms with Gasteiger partial charge in [0.25, 0.3) is 0 Å². The molecule has 0 amide bonds. The Hall–Kier alpha value is -1.75. The lowest BCUT2D eigenvalue weighted by molar-refractivity contribution is -0.136. The molecule has 0 aromatic heterocycles. The second-order valence-corrected chi connectivity index (χ2v) is 4.17. The molecule has 0 spiro atoms. The first-order valence-corrected chi connectivity index (χ1v) is 5.92. The number of hydrogen-bond donors (Lipinski definition) is 1. The van der Waals surface area contributed by atoms with Crippen molar-refractivity contribution >= 4 is 11.7 Å². The van der Waals surface area contributed by atoms with Crippen molar-refractivity contribution in [3.63, 3.8) is 0 Å². The maximum Gasteiger partial charge on any atom is 0.307 e. The number of ether oxygens (including phenoxy) is 2. The lowest BCUT2D eigenvalue weighted by atomic mass is 10.1. The lowest BCUT2D eigenvalue weighted by Gasteiger charge is -2.29. The number of rotatable bonds is 4. The molecular weight excluding hydrogens is 234 g/mol. The number of carboxylic acid groups (broad SMARTS) is 1. The lowest BCUT2D eigenvalue weighted by Crippen LogP contribution is -2.36. The first-order valence-electron chi connectivity index (χ1n) is 5.92. The summed E-state index contributed by atoms with van der Waals surface area (Å²) in [4.78, 5) is 13.0. The molecule has 98 valence electrons. The summed E-state index contributed by atoms with van der Waals surface area (Å²) in [5.74, 6) is -0.234. The molecule has 1 aliphatic heterocycles. The summed E-state index contributed by atoms with van der Waals surface area (Å²) >= 11 is 0. The van der Waals surface area contributed by atoms with E-state index in [2.05, 4.69) is 4.90 Å². The Kier molecular flexibility index (Phi) is 4.04. The molecule has 1 aromatic rings. The number of carboxylic acids is 1. The van der Waals surface area contributed by atoms with E-state index >= 15 is 0 Å². The summed E-state index contributed by atoms with van der Waals surface area (Å²) in [7, 11) is 1.55. The van der Waals surface area contributed by atoms with E-state index in [1.54, 1.807) is 7.11 Å². The van der Waals surface area contributed by atoms with Crippen LogP contribution >= 0.6 is 0 Å². The van der Waals surface area contributed by atoms with Gasteiger partial charge in [0.2, 0.25) is 0 Å². The minimum Gasteiger partial charge on any atom is -0.496 e. The van der Waals surface area contributed by atoms with E-state index in [4.69, 9.17) is 14.6 Å². The minimum absolute atomic E-state index is 0.0264. The number of aliphatic carboxylic acids is 1. The molecule has 1 fully saturated rings. The molecule has 1 aromatic carbocycles. The molecule has 0 aliphatic carbocycles. The third kappa shape index (κ3) is 2.92. The zero-order valence-electron chi connectivity index (χ0n) is 10.4. The van der Waals surface area contributed by atoms with Crippen LogP contribution < -0.4 is 9.64 Å². The van der Waals surface area contributed by atoms with Crippen molar-refractivity contribution in [3.05, 3.63) is 23.8 Å². The van der Waals surface area contributed by atoms with Gasteiger partial charge in [-0.25, -0.2) is 0 Å². The highest BCUT2D eigenvalue weighted by Gasteiger charge is 2.14. The van der Waals surface area contributed by atoms with Crippen molar-refractivity contribution < 1.29 is 19.4 Å². The van der Waals surface area contributed by atoms with Crippen molar-refractivity contribution in [2.75, 3.05) is 38.3 Å². The number of morpholine rings is 1. The fraction of sp³-hybridized carbons (Fsp3) is 0.462. The molecule has 2 rings (SSSR count). The van der Waals surface area contributed by atoms with Gasteiger partial charge in [-0.1, -0.05) is 0 Å². The SMILES string of the molecule is COc1ccc(N2CCOCC2)cc1CC(=O)O. The molecule has 0 radical (unpaired) electrons. The highest BCUT2D eigenvalue weighted by Crippen LogP contribution is 2.26. The van der Waals surface area contributed by atoms with Crippen LogP contribution in [-0.2, 0) is 16.0 Å². The first kappa shape index (κ1) is 12.7. The smallest absolute Gasteiger partial charge is 0.307 e. The fourth-order valence-corrected chi connectivity index (χ4v) is 2.08. The van der Waals surface area contributed by atoms with Gasteiger partial charge in [0.1, 0.15) is 5.75 Å². The van der Waals surface area contributed by atoms with Crippen LogP contribution in [0.4, 0.5) is 5.69 Å². The van der Waals surface area contributed by atoms with Crippen LogP contribution in [0.15, 0.2) is 18.2 Å². The van der Waals surface area contributed by atoms with Gasteiger partial charge >= 0.3 is 5.97 Å². The van der Waals surface area contributed by atoms with Crippen LogP contribution in [0, 0.1) is 0 Å². The highest BCUT2D eigenvalue weighted by atomic mass is 16.5. The molecule has 5 heteroatoms. The Bertz CT molecular complexity index is 427. The van der Waals surface area contributed by atoms with Crippen LogP contribution in [0.5, 0.6) is 5.75 Å². The third-order valence-corrected chi connectivity index (χ3v) is 2.98. The highest BCUT2D eigenvalue weighted by molar-refractivity contribution is 5.72. The summed E-state index contributed by atoms with van der Waals surface area (Å²) in [6.07, 6.45) is -0.0264. The average Bonchev–Trinajstić information content (AvgIpc) is 2.39. The summed E-state index contributed by atoms with van der Waals surface area (Å²) in [5, 5.41) is 8.90. The van der Waals surface area contributed by atoms with E-state index in [0.717, 1.165) is 18.8 Å². The van der Waals surface area contributed by atoms with Crippen LogP contribution in [0.25, 0.3) is 0 Å². The Morgan fingerprint density at radius 1 is 1.44 bits per heavy atom. The predicted octanol–water partition coefficient (Wildman–Crippen LogP) is 1.16. The van der Waals surface area contributed by atoms with Crippen LogP contribution in [0.1, 0.15) is 5.56 Å². The van der Waals surface area contributed by atoms with Crippen molar-refractivity contribution in [2.24, 2.45) is 0 Å². The number of carbonyl (C=O) groups is 1. The van der Waals surface area contributed by atoms with Crippen molar-refractivity contribution in [1.29, 1.82) is 0 Å². The maximum atomic E-state index is 10.8. The van der Waals surface area contributed by atoms with Gasteiger partial charge in [0, 0.05) is 24.3 Å². The Labute approximate surface area is 106 Å². The largest absolute Gasteiger partial charge is 0.496 e. The molecule has 18 heavy (non-hydrogen) atoms. The standard InChI is InChI=1S/C13H17NO4/c1-17-12-3-2-11(8-10(12)9-13(15)16)14-4-6-18-7-5-14/h2-3,8H,4-7,9H2,1H3,(H,15,16). The van der Waals surface area contributed by atoms with E-state index in [1.807, 2.05) is 18.2 Å². The topological polar surface area (TPSA) is 59.0 Å². The number of nitrogens with zero attached hydrogens (tertiary/aromatic N) is 1. The van der Waals surface area contributed by atoms with Gasteiger partial charge < -0.3 is 19.5 Å². The van der Waals surface area contributed by atoms with E-state index in [-0.39, 0.29) is 6.42 Å². The number of hydrogen-bond acceptors (Lipinski definition) is 4. The van der Waals surface area contributed by atoms with E-state index in [9.17, 15) is 4.79 Å². The molecular formula is C13H17NO4. The normalized spacial score (nSPS) is 15.5. The summed E-state index contributed by atoms with van der Waals surface area (Å²) < 4.78 is 10.5. The number of benzene rings is 1. The summed E-state index contributed by atoms with van der Waals surface area (Å²) in [6, 6.07) is 5.66. The molecule has 0 unspecified atom stereocenters. The maximum absolute atomic E-state index is 10.8. The number of anilines is 1. The molecule has 1 N–H and O–H groups in total. The molecule has 1 saturated heterocycles. The van der Waals surface area contributed by atoms with E-state index < -0.39 is 5.97 Å². The minimum atomic E-state index is -0.854. The average molecular weight is 251 g/mol. The van der Waals surface area contributed by atoms with Crippen molar-refractivity contribution in [2.45, 2.75) is 6.42 Å². The predicted molar refractivity (Wildman–Crippen MR) is 67.4 cm³/mol. The molecule has 1 heterocycles. The Balaban J connectivity index is 2.23. The fourth-order valence-electron chi connectivity index (χ4n) is 2.08. The summed E-state index contributed by atoms with van der Waals surface area (Å²) in [6.45, 7) is 3.08. The van der Waals surface area contributed by atoms with Gasteiger partial charge in [-0.3, -0.25) is 4.79 Å². The van der Waals surface area contributed by atoms with Crippen LogP contribution in [0.2, 0.25) is 0 Å². The Morgan fingerprint density at radius 3 is 2.78 bits per heavy atom. The van der Waals surface area contributed by atoms with Gasteiger partial charge in [-0.05, 0) is 18.2 Å². The first-order chi connectivity index (χ1) is 8.70. The second-order valence-electron chi connectivity index (χ2n) is 4.17. The molecule has 0 atom stereocenters. The molecule has 5 nitrogen and oxygen atoms in total. The van der Waals surface area contributed by atoms with Crippen molar-refractivity contribution in [3.8, 4) is 5.75 Å². The van der Waals surface area contributed by atoms with Crippen molar-refractivity contribution in [1.82, 2.24) is 0 Å². The van der Waals surface area contributed by atoms with Gasteiger partial charge in [0.15, 0.2) is 0 Å². The number of methoxy groups -OCH3 is 1. The monoisotopic (exact) mass is 251 g/mol. The molecule has 0 bridgehead atoms. The van der Waals surface area contributed by atoms with Crippen LogP contribution in [-0.4, -0.2) is 44.5 Å². The van der Waals surface area contributed by atoms with E-state index in [0.29, 0.717) is 24.5 Å². The summed E-state index contributed by atoms with van der Waals surface area (Å²) in [5.41, 5.74) is 1.73. The third-order valence-electron chi connectivity index (χ3n) is 2.98. The quantitative estimate of drug-likeness (QED) is 0.870. The van der Waals surface area contributed by atoms with E-state index in [1.165, 1.54) is 0 Å². The molecule has 1 aliphatic rings. The van der Waals surface area contributed by atoms with Gasteiger partial charge in [0.05, 0.1) is 26.7 Å². The molecule has 0 saturated carbocycles. The van der Waals surface area contributed by atoms with Gasteiger partial charge in [-0.15, -0.1) is 0 Å². The zero-order chi connectivity index (χ0) is 13.0. The van der Waals surface area contributed by atoms with Crippen LogP contribution in [0.3, 0.4) is 0 Å². The van der Waals surface area contributed by atoms with Gasteiger partial charge in [-0.2, -0.15) is 0 Å². The Morgan fingerprint density at radius 2 is 2.17 bits per heavy atom.